The van der Waals surface area contributed by atoms with Crippen molar-refractivity contribution in [2.45, 2.75) is 47.8 Å². The van der Waals surface area contributed by atoms with Crippen LogP contribution in [0.3, 0.4) is 0 Å². The number of halogens is 1. The molecule has 0 spiro atoms. The maximum absolute atomic E-state index is 6.36. The van der Waals surface area contributed by atoms with E-state index in [1.54, 1.807) is 0 Å². The number of hydrogen-bond acceptors (Lipinski definition) is 4. The number of anilines is 2. The van der Waals surface area contributed by atoms with Crippen LogP contribution < -0.4 is 9.80 Å². The van der Waals surface area contributed by atoms with Crippen LogP contribution in [0.1, 0.15) is 33.4 Å². The third-order valence-corrected chi connectivity index (χ3v) is 6.11. The molecule has 0 bridgehead atoms. The van der Waals surface area contributed by atoms with Crippen molar-refractivity contribution in [1.29, 1.82) is 0 Å². The van der Waals surface area contributed by atoms with Crippen LogP contribution in [-0.4, -0.2) is 6.29 Å². The van der Waals surface area contributed by atoms with E-state index in [-0.39, 0.29) is 6.29 Å². The third-order valence-electron chi connectivity index (χ3n) is 5.79. The fourth-order valence-corrected chi connectivity index (χ4v) is 4.90. The molecule has 164 valence electrons. The van der Waals surface area contributed by atoms with Gasteiger partial charge < -0.3 is 9.80 Å². The number of rotatable bonds is 4. The highest BCUT2D eigenvalue weighted by molar-refractivity contribution is 6.32. The molecule has 3 aromatic rings. The normalized spacial score (nSPS) is 14.2. The van der Waals surface area contributed by atoms with E-state index in [1.165, 1.54) is 33.4 Å². The van der Waals surface area contributed by atoms with Gasteiger partial charge in [-0.15, -0.1) is 5.11 Å². The molecule has 0 radical (unpaired) electrons. The highest BCUT2D eigenvalue weighted by atomic mass is 35.5. The third kappa shape index (κ3) is 4.15. The summed E-state index contributed by atoms with van der Waals surface area (Å²) in [4.78, 5) is 4.40. The Bertz CT molecular complexity index is 1110. The van der Waals surface area contributed by atoms with E-state index in [1.807, 2.05) is 24.3 Å². The first kappa shape index (κ1) is 22.1. The Morgan fingerprint density at radius 1 is 0.688 bits per heavy atom. The molecule has 1 aliphatic heterocycles. The summed E-state index contributed by atoms with van der Waals surface area (Å²) in [6.07, 6.45) is 3.84. The van der Waals surface area contributed by atoms with E-state index >= 15 is 0 Å². The Kier molecular flexibility index (Phi) is 6.07. The number of aryl methyl sites for hydroxylation is 6. The smallest absolute Gasteiger partial charge is 0.226 e. The highest BCUT2D eigenvalue weighted by Gasteiger charge is 2.32. The fourth-order valence-electron chi connectivity index (χ4n) is 4.73. The number of hydrogen-bond donors (Lipinski definition) is 0. The van der Waals surface area contributed by atoms with Crippen LogP contribution in [0.5, 0.6) is 0 Å². The van der Waals surface area contributed by atoms with Crippen molar-refractivity contribution >= 4 is 28.7 Å². The lowest BCUT2D eigenvalue weighted by Gasteiger charge is -2.32. The summed E-state index contributed by atoms with van der Waals surface area (Å²) in [7, 11) is 0. The van der Waals surface area contributed by atoms with Gasteiger partial charge in [0.15, 0.2) is 0 Å². The molecule has 5 heteroatoms. The standard InChI is InChI=1S/C27H29ClN4/c1-17-13-19(3)25(20(4)14-17)31-11-12-32(26-21(5)15-18(2)16-22(26)6)27(31)30-29-24-10-8-7-9-23(24)28/h7-16,27H,1-6H3. The predicted molar refractivity (Wildman–Crippen MR) is 135 cm³/mol. The molecule has 4 rings (SSSR count). The van der Waals surface area contributed by atoms with E-state index in [4.69, 9.17) is 16.7 Å². The molecule has 0 unspecified atom stereocenters. The molecule has 0 amide bonds. The van der Waals surface area contributed by atoms with Gasteiger partial charge in [-0.3, -0.25) is 0 Å². The second kappa shape index (κ2) is 8.79. The molecule has 0 atom stereocenters. The lowest BCUT2D eigenvalue weighted by molar-refractivity contribution is 0.676. The molecule has 4 nitrogen and oxygen atoms in total. The summed E-state index contributed by atoms with van der Waals surface area (Å²) >= 11 is 6.36. The van der Waals surface area contributed by atoms with Gasteiger partial charge in [0.05, 0.1) is 16.4 Å². The summed E-state index contributed by atoms with van der Waals surface area (Å²) in [5, 5.41) is 9.96. The average molecular weight is 445 g/mol. The van der Waals surface area contributed by atoms with Crippen LogP contribution in [-0.2, 0) is 0 Å². The van der Waals surface area contributed by atoms with Crippen molar-refractivity contribution in [3.8, 4) is 0 Å². The van der Waals surface area contributed by atoms with Crippen LogP contribution in [0.25, 0.3) is 0 Å². The maximum atomic E-state index is 6.36. The van der Waals surface area contributed by atoms with Crippen LogP contribution in [0.4, 0.5) is 17.1 Å². The van der Waals surface area contributed by atoms with Crippen molar-refractivity contribution in [3.05, 3.63) is 99.3 Å². The number of nitrogens with zero attached hydrogens (tertiary/aromatic N) is 4. The summed E-state index contributed by atoms with van der Waals surface area (Å²) in [6.45, 7) is 12.9. The molecule has 0 saturated heterocycles. The van der Waals surface area contributed by atoms with Gasteiger partial charge in [-0.2, -0.15) is 5.11 Å². The molecular formula is C27H29ClN4. The van der Waals surface area contributed by atoms with Crippen molar-refractivity contribution in [2.75, 3.05) is 9.80 Å². The molecule has 0 aromatic heterocycles. The Hall–Kier alpha value is -3.11. The van der Waals surface area contributed by atoms with E-state index < -0.39 is 0 Å². The first-order valence-corrected chi connectivity index (χ1v) is 11.2. The Morgan fingerprint density at radius 2 is 1.12 bits per heavy atom. The van der Waals surface area contributed by atoms with Gasteiger partial charge in [-0.1, -0.05) is 59.1 Å². The topological polar surface area (TPSA) is 31.2 Å². The van der Waals surface area contributed by atoms with Crippen molar-refractivity contribution < 1.29 is 0 Å². The zero-order chi connectivity index (χ0) is 23.0. The largest absolute Gasteiger partial charge is 0.305 e. The second-order valence-electron chi connectivity index (χ2n) is 8.62. The van der Waals surface area contributed by atoms with Gasteiger partial charge in [-0.05, 0) is 75.9 Å². The molecule has 0 aliphatic carbocycles. The van der Waals surface area contributed by atoms with E-state index in [2.05, 4.69) is 93.1 Å². The van der Waals surface area contributed by atoms with Gasteiger partial charge in [0, 0.05) is 12.4 Å². The van der Waals surface area contributed by atoms with Crippen LogP contribution >= 0.6 is 11.6 Å². The van der Waals surface area contributed by atoms with Crippen LogP contribution in [0.15, 0.2) is 71.2 Å². The molecule has 0 N–H and O–H groups in total. The number of benzene rings is 3. The second-order valence-corrected chi connectivity index (χ2v) is 9.03. The number of azo groups is 1. The molecule has 1 heterocycles. The zero-order valence-corrected chi connectivity index (χ0v) is 20.3. The van der Waals surface area contributed by atoms with Gasteiger partial charge in [-0.25, -0.2) is 0 Å². The quantitative estimate of drug-likeness (QED) is 0.381. The lowest BCUT2D eigenvalue weighted by atomic mass is 10.0. The molecule has 32 heavy (non-hydrogen) atoms. The van der Waals surface area contributed by atoms with Crippen molar-refractivity contribution in [3.63, 3.8) is 0 Å². The summed E-state index contributed by atoms with van der Waals surface area (Å²) in [5.41, 5.74) is 10.3. The van der Waals surface area contributed by atoms with E-state index in [0.29, 0.717) is 10.7 Å². The minimum Gasteiger partial charge on any atom is -0.305 e. The van der Waals surface area contributed by atoms with Crippen LogP contribution in [0, 0.1) is 41.5 Å². The molecule has 0 fully saturated rings. The summed E-state index contributed by atoms with van der Waals surface area (Å²) < 4.78 is 0. The van der Waals surface area contributed by atoms with E-state index in [0.717, 1.165) is 11.4 Å². The summed E-state index contributed by atoms with van der Waals surface area (Å²) in [6, 6.07) is 16.4. The maximum Gasteiger partial charge on any atom is 0.226 e. The lowest BCUT2D eigenvalue weighted by Crippen LogP contribution is -2.38. The van der Waals surface area contributed by atoms with E-state index in [9.17, 15) is 0 Å². The molecule has 3 aromatic carbocycles. The minimum absolute atomic E-state index is 0.355. The Morgan fingerprint density at radius 3 is 1.56 bits per heavy atom. The van der Waals surface area contributed by atoms with Gasteiger partial charge in [0.1, 0.15) is 5.69 Å². The van der Waals surface area contributed by atoms with Gasteiger partial charge in [0.25, 0.3) is 0 Å². The first-order valence-electron chi connectivity index (χ1n) is 10.8. The van der Waals surface area contributed by atoms with Crippen molar-refractivity contribution in [2.24, 2.45) is 10.2 Å². The van der Waals surface area contributed by atoms with Gasteiger partial charge in [0.2, 0.25) is 6.29 Å². The van der Waals surface area contributed by atoms with Crippen molar-refractivity contribution in [1.82, 2.24) is 0 Å². The Labute approximate surface area is 195 Å². The monoisotopic (exact) mass is 444 g/mol. The zero-order valence-electron chi connectivity index (χ0n) is 19.5. The minimum atomic E-state index is -0.355. The van der Waals surface area contributed by atoms with Gasteiger partial charge >= 0.3 is 0 Å². The average Bonchev–Trinajstić information content (AvgIpc) is 3.09. The first-order chi connectivity index (χ1) is 15.3. The molecule has 1 aliphatic rings. The Balaban J connectivity index is 1.83. The molecular weight excluding hydrogens is 416 g/mol. The van der Waals surface area contributed by atoms with Crippen LogP contribution in [0.2, 0.25) is 5.02 Å². The predicted octanol–water partition coefficient (Wildman–Crippen LogP) is 8.06. The summed E-state index contributed by atoms with van der Waals surface area (Å²) in [5.74, 6) is 0. The SMILES string of the molecule is Cc1cc(C)c(N2C=CN(c3c(C)cc(C)cc3C)C2N=Nc2ccccc2Cl)c(C)c1. The highest BCUT2D eigenvalue weighted by Crippen LogP contribution is 2.38. The molecule has 0 saturated carbocycles. The fraction of sp³-hybridized carbons (Fsp3) is 0.259.